The molecule has 0 aliphatic heterocycles. The quantitative estimate of drug-likeness (QED) is 0.589. The maximum Gasteiger partial charge on any atom is 0.257 e. The minimum Gasteiger partial charge on any atom is -0.399 e. The molecule has 0 radical (unpaired) electrons. The van der Waals surface area contributed by atoms with Gasteiger partial charge in [0, 0.05) is 23.3 Å². The molecule has 2 aromatic heterocycles. The topological polar surface area (TPSA) is 72.3 Å². The lowest BCUT2D eigenvalue weighted by Crippen LogP contribution is -2.18. The molecule has 6 heteroatoms. The minimum atomic E-state index is 0.562. The lowest BCUT2D eigenvalue weighted by molar-refractivity contribution is 0.989. The van der Waals surface area contributed by atoms with E-state index in [2.05, 4.69) is 34.2 Å². The van der Waals surface area contributed by atoms with Crippen LogP contribution in [0.25, 0.3) is 16.7 Å². The average Bonchev–Trinajstić information content (AvgIpc) is 3.05. The molecule has 2 aromatic carbocycles. The molecule has 114 valence electrons. The second-order valence-corrected chi connectivity index (χ2v) is 5.29. The number of para-hydroxylation sites is 1. The normalized spacial score (nSPS) is 11.2. The Morgan fingerprint density at radius 1 is 1.13 bits per heavy atom. The van der Waals surface area contributed by atoms with E-state index in [-0.39, 0.29) is 0 Å². The molecule has 0 bridgehead atoms. The summed E-state index contributed by atoms with van der Waals surface area (Å²) in [6.07, 6.45) is 1.66. The first-order valence-electron chi connectivity index (χ1n) is 7.49. The van der Waals surface area contributed by atoms with Crippen LogP contribution >= 0.6 is 0 Å². The molecule has 2 N–H and O–H groups in total. The number of hydrogen-bond donors (Lipinski definition) is 1. The van der Waals surface area contributed by atoms with Crippen molar-refractivity contribution in [3.05, 3.63) is 54.9 Å². The molecule has 0 aliphatic carbocycles. The Hall–Kier alpha value is -3.15. The van der Waals surface area contributed by atoms with Gasteiger partial charge in [0.25, 0.3) is 5.78 Å². The third-order valence-electron chi connectivity index (χ3n) is 3.90. The molecule has 4 aromatic rings. The fourth-order valence-electron chi connectivity index (χ4n) is 2.84. The molecule has 0 amide bonds. The highest BCUT2D eigenvalue weighted by Crippen LogP contribution is 2.31. The molecular formula is C17H16N6. The van der Waals surface area contributed by atoms with Crippen LogP contribution in [0.3, 0.4) is 0 Å². The van der Waals surface area contributed by atoms with E-state index in [0.29, 0.717) is 11.5 Å². The van der Waals surface area contributed by atoms with Crippen LogP contribution in [-0.4, -0.2) is 26.1 Å². The molecule has 0 fully saturated rings. The van der Waals surface area contributed by atoms with E-state index >= 15 is 0 Å². The Morgan fingerprint density at radius 2 is 1.96 bits per heavy atom. The van der Waals surface area contributed by atoms with Crippen LogP contribution in [0.2, 0.25) is 0 Å². The molecule has 0 saturated heterocycles. The van der Waals surface area contributed by atoms with Gasteiger partial charge < -0.3 is 10.6 Å². The second-order valence-electron chi connectivity index (χ2n) is 5.29. The molecule has 0 aliphatic rings. The van der Waals surface area contributed by atoms with Crippen molar-refractivity contribution in [1.82, 2.24) is 19.6 Å². The number of aromatic nitrogens is 4. The Balaban J connectivity index is 2.04. The highest BCUT2D eigenvalue weighted by atomic mass is 15.3. The van der Waals surface area contributed by atoms with Gasteiger partial charge >= 0.3 is 0 Å². The highest BCUT2D eigenvalue weighted by molar-refractivity contribution is 5.95. The maximum absolute atomic E-state index is 5.97. The number of benzene rings is 2. The van der Waals surface area contributed by atoms with Crippen LogP contribution in [0.1, 0.15) is 6.92 Å². The van der Waals surface area contributed by atoms with Crippen molar-refractivity contribution in [3.63, 3.8) is 0 Å². The molecule has 4 rings (SSSR count). The van der Waals surface area contributed by atoms with Crippen molar-refractivity contribution in [2.24, 2.45) is 0 Å². The molecule has 0 atom stereocenters. The highest BCUT2D eigenvalue weighted by Gasteiger charge is 2.16. The van der Waals surface area contributed by atoms with E-state index in [1.807, 2.05) is 40.8 Å². The molecule has 0 saturated carbocycles. The van der Waals surface area contributed by atoms with Gasteiger partial charge in [-0.05, 0) is 37.3 Å². The van der Waals surface area contributed by atoms with Crippen molar-refractivity contribution in [3.8, 4) is 0 Å². The summed E-state index contributed by atoms with van der Waals surface area (Å²) < 4.78 is 1.86. The number of rotatable bonds is 3. The van der Waals surface area contributed by atoms with Crippen molar-refractivity contribution in [2.75, 3.05) is 17.2 Å². The summed E-state index contributed by atoms with van der Waals surface area (Å²) in [6, 6.07) is 16.0. The third kappa shape index (κ3) is 2.15. The van der Waals surface area contributed by atoms with E-state index in [4.69, 9.17) is 10.7 Å². The Kier molecular flexibility index (Phi) is 3.08. The lowest BCUT2D eigenvalue weighted by atomic mass is 10.2. The van der Waals surface area contributed by atoms with E-state index < -0.39 is 0 Å². The van der Waals surface area contributed by atoms with Crippen molar-refractivity contribution in [1.29, 1.82) is 0 Å². The first-order chi connectivity index (χ1) is 11.3. The number of nitrogen functional groups attached to an aromatic ring is 1. The monoisotopic (exact) mass is 304 g/mol. The minimum absolute atomic E-state index is 0.562. The summed E-state index contributed by atoms with van der Waals surface area (Å²) in [6.45, 7) is 2.90. The van der Waals surface area contributed by atoms with Crippen LogP contribution < -0.4 is 10.6 Å². The predicted octanol–water partition coefficient (Wildman–Crippen LogP) is 3.02. The summed E-state index contributed by atoms with van der Waals surface area (Å²) >= 11 is 0. The van der Waals surface area contributed by atoms with Gasteiger partial charge in [-0.25, -0.2) is 0 Å². The molecule has 23 heavy (non-hydrogen) atoms. The smallest absolute Gasteiger partial charge is 0.257 e. The average molecular weight is 304 g/mol. The Labute approximate surface area is 133 Å². The van der Waals surface area contributed by atoms with Gasteiger partial charge in [-0.3, -0.25) is 4.40 Å². The van der Waals surface area contributed by atoms with Gasteiger partial charge in [0.1, 0.15) is 12.1 Å². The van der Waals surface area contributed by atoms with Crippen LogP contribution in [0.5, 0.6) is 0 Å². The molecule has 0 spiro atoms. The zero-order valence-electron chi connectivity index (χ0n) is 12.7. The summed E-state index contributed by atoms with van der Waals surface area (Å²) in [5.41, 5.74) is 8.70. The second kappa shape index (κ2) is 5.24. The van der Waals surface area contributed by atoms with Crippen molar-refractivity contribution in [2.45, 2.75) is 6.92 Å². The zero-order chi connectivity index (χ0) is 15.8. The van der Waals surface area contributed by atoms with Gasteiger partial charge in [0.05, 0.1) is 5.52 Å². The van der Waals surface area contributed by atoms with Crippen LogP contribution in [0.15, 0.2) is 54.9 Å². The first-order valence-corrected chi connectivity index (χ1v) is 7.49. The predicted molar refractivity (Wildman–Crippen MR) is 91.8 cm³/mol. The van der Waals surface area contributed by atoms with E-state index in [9.17, 15) is 0 Å². The number of nitrogens with two attached hydrogens (primary N) is 1. The number of fused-ring (bicyclic) bond motifs is 3. The number of hydrogen-bond acceptors (Lipinski definition) is 5. The molecular weight excluding hydrogens is 288 g/mol. The van der Waals surface area contributed by atoms with Crippen molar-refractivity contribution < 1.29 is 0 Å². The summed E-state index contributed by atoms with van der Waals surface area (Å²) in [4.78, 5) is 6.87. The van der Waals surface area contributed by atoms with Crippen LogP contribution in [0.4, 0.5) is 17.2 Å². The lowest BCUT2D eigenvalue weighted by Gasteiger charge is -2.23. The van der Waals surface area contributed by atoms with Gasteiger partial charge in [-0.2, -0.15) is 4.98 Å². The SMILES string of the molecule is CCN(c1ccccc1)c1nc2nncn2c2cc(N)ccc12. The van der Waals surface area contributed by atoms with E-state index in [1.165, 1.54) is 0 Å². The van der Waals surface area contributed by atoms with Gasteiger partial charge in [-0.1, -0.05) is 18.2 Å². The van der Waals surface area contributed by atoms with Gasteiger partial charge in [0.15, 0.2) is 0 Å². The summed E-state index contributed by atoms with van der Waals surface area (Å²) in [5, 5.41) is 9.09. The Morgan fingerprint density at radius 3 is 2.74 bits per heavy atom. The summed E-state index contributed by atoms with van der Waals surface area (Å²) in [5.74, 6) is 1.42. The van der Waals surface area contributed by atoms with Crippen LogP contribution in [0, 0.1) is 0 Å². The zero-order valence-corrected chi connectivity index (χ0v) is 12.7. The standard InChI is InChI=1S/C17H16N6/c1-2-22(13-6-4-3-5-7-13)16-14-9-8-12(18)10-15(14)23-11-19-21-17(23)20-16/h3-11H,2,18H2,1H3. The molecule has 0 unspecified atom stereocenters. The van der Waals surface area contributed by atoms with E-state index in [1.54, 1.807) is 6.33 Å². The Bertz CT molecular complexity index is 976. The number of nitrogens with zero attached hydrogens (tertiary/aromatic N) is 5. The maximum atomic E-state index is 5.97. The third-order valence-corrected chi connectivity index (χ3v) is 3.90. The van der Waals surface area contributed by atoms with Gasteiger partial charge in [0.2, 0.25) is 0 Å². The molecule has 6 nitrogen and oxygen atoms in total. The van der Waals surface area contributed by atoms with Crippen LogP contribution in [-0.2, 0) is 0 Å². The van der Waals surface area contributed by atoms with Gasteiger partial charge in [-0.15, -0.1) is 10.2 Å². The van der Waals surface area contributed by atoms with Crippen molar-refractivity contribution >= 4 is 33.9 Å². The fraction of sp³-hybridized carbons (Fsp3) is 0.118. The summed E-state index contributed by atoms with van der Waals surface area (Å²) in [7, 11) is 0. The molecule has 2 heterocycles. The first kappa shape index (κ1) is 13.5. The largest absolute Gasteiger partial charge is 0.399 e. The van der Waals surface area contributed by atoms with E-state index in [0.717, 1.165) is 29.0 Å². The fourth-order valence-corrected chi connectivity index (χ4v) is 2.84. The number of anilines is 3.